The molecule has 1 aromatic carbocycles. The van der Waals surface area contributed by atoms with Crippen molar-refractivity contribution in [2.24, 2.45) is 0 Å². The SMILES string of the molecule is CCNCc1ccc(N(C)Cc2ccc(C)o2)cc1C. The largest absolute Gasteiger partial charge is 0.464 e. The zero-order chi connectivity index (χ0) is 14.5. The quantitative estimate of drug-likeness (QED) is 0.870. The third kappa shape index (κ3) is 3.64. The van der Waals surface area contributed by atoms with E-state index in [1.165, 1.54) is 16.8 Å². The predicted octanol–water partition coefficient (Wildman–Crippen LogP) is 3.64. The molecule has 0 bridgehead atoms. The smallest absolute Gasteiger partial charge is 0.123 e. The lowest BCUT2D eigenvalue weighted by molar-refractivity contribution is 0.482. The highest BCUT2D eigenvalue weighted by Crippen LogP contribution is 2.20. The first-order valence-electron chi connectivity index (χ1n) is 7.17. The molecule has 0 aliphatic heterocycles. The Morgan fingerprint density at radius 1 is 1.15 bits per heavy atom. The highest BCUT2D eigenvalue weighted by molar-refractivity contribution is 5.50. The summed E-state index contributed by atoms with van der Waals surface area (Å²) in [6.07, 6.45) is 0. The van der Waals surface area contributed by atoms with Gasteiger partial charge in [0.2, 0.25) is 0 Å². The number of rotatable bonds is 6. The number of benzene rings is 1. The predicted molar refractivity (Wildman–Crippen MR) is 84.1 cm³/mol. The molecule has 108 valence electrons. The highest BCUT2D eigenvalue weighted by Gasteiger charge is 2.07. The Bertz CT molecular complexity index is 560. The third-order valence-electron chi connectivity index (χ3n) is 3.52. The van der Waals surface area contributed by atoms with Gasteiger partial charge in [-0.2, -0.15) is 0 Å². The van der Waals surface area contributed by atoms with Gasteiger partial charge in [0.25, 0.3) is 0 Å². The molecule has 2 aromatic rings. The molecule has 0 spiro atoms. The fourth-order valence-electron chi connectivity index (χ4n) is 2.27. The van der Waals surface area contributed by atoms with Crippen LogP contribution in [0, 0.1) is 13.8 Å². The first-order valence-corrected chi connectivity index (χ1v) is 7.17. The normalized spacial score (nSPS) is 10.8. The Morgan fingerprint density at radius 2 is 1.95 bits per heavy atom. The maximum absolute atomic E-state index is 5.63. The van der Waals surface area contributed by atoms with E-state index >= 15 is 0 Å². The van der Waals surface area contributed by atoms with Gasteiger partial charge in [0, 0.05) is 19.3 Å². The highest BCUT2D eigenvalue weighted by atomic mass is 16.3. The topological polar surface area (TPSA) is 28.4 Å². The zero-order valence-corrected chi connectivity index (χ0v) is 12.9. The summed E-state index contributed by atoms with van der Waals surface area (Å²) in [6.45, 7) is 9.00. The summed E-state index contributed by atoms with van der Waals surface area (Å²) in [5.74, 6) is 1.96. The minimum Gasteiger partial charge on any atom is -0.464 e. The van der Waals surface area contributed by atoms with E-state index in [-0.39, 0.29) is 0 Å². The molecule has 0 amide bonds. The van der Waals surface area contributed by atoms with Crippen LogP contribution in [0.5, 0.6) is 0 Å². The Balaban J connectivity index is 2.06. The maximum Gasteiger partial charge on any atom is 0.123 e. The second-order valence-electron chi connectivity index (χ2n) is 5.26. The zero-order valence-electron chi connectivity index (χ0n) is 12.9. The molecule has 2 rings (SSSR count). The van der Waals surface area contributed by atoms with Crippen LogP contribution in [0.3, 0.4) is 0 Å². The van der Waals surface area contributed by atoms with Crippen molar-refractivity contribution in [3.05, 3.63) is 53.0 Å². The molecule has 0 unspecified atom stereocenters. The van der Waals surface area contributed by atoms with Gasteiger partial charge in [-0.25, -0.2) is 0 Å². The standard InChI is InChI=1S/C17H24N2O/c1-5-18-11-15-7-8-16(10-13(15)2)19(4)12-17-9-6-14(3)20-17/h6-10,18H,5,11-12H2,1-4H3. The van der Waals surface area contributed by atoms with Crippen LogP contribution in [0.25, 0.3) is 0 Å². The molecule has 0 saturated carbocycles. The molecular formula is C17H24N2O. The van der Waals surface area contributed by atoms with Gasteiger partial charge in [0.15, 0.2) is 0 Å². The molecule has 20 heavy (non-hydrogen) atoms. The number of aryl methyl sites for hydroxylation is 2. The van der Waals surface area contributed by atoms with Crippen LogP contribution in [0.15, 0.2) is 34.7 Å². The number of furan rings is 1. The van der Waals surface area contributed by atoms with Crippen LogP contribution < -0.4 is 10.2 Å². The summed E-state index contributed by atoms with van der Waals surface area (Å²) in [5, 5.41) is 3.37. The monoisotopic (exact) mass is 272 g/mol. The van der Waals surface area contributed by atoms with E-state index < -0.39 is 0 Å². The summed E-state index contributed by atoms with van der Waals surface area (Å²) in [7, 11) is 2.09. The summed E-state index contributed by atoms with van der Waals surface area (Å²) >= 11 is 0. The molecule has 0 radical (unpaired) electrons. The molecule has 1 N–H and O–H groups in total. The van der Waals surface area contributed by atoms with Crippen molar-refractivity contribution in [1.82, 2.24) is 5.32 Å². The second kappa shape index (κ2) is 6.62. The minimum absolute atomic E-state index is 0.792. The summed E-state index contributed by atoms with van der Waals surface area (Å²) in [5.41, 5.74) is 3.90. The average Bonchev–Trinajstić information content (AvgIpc) is 2.82. The molecule has 1 aromatic heterocycles. The van der Waals surface area contributed by atoms with Crippen LogP contribution in [0.2, 0.25) is 0 Å². The molecule has 0 aliphatic carbocycles. The second-order valence-corrected chi connectivity index (χ2v) is 5.26. The lowest BCUT2D eigenvalue weighted by atomic mass is 10.1. The van der Waals surface area contributed by atoms with Crippen molar-refractivity contribution in [3.8, 4) is 0 Å². The molecule has 1 heterocycles. The van der Waals surface area contributed by atoms with E-state index in [0.717, 1.165) is 31.2 Å². The Hall–Kier alpha value is -1.74. The van der Waals surface area contributed by atoms with E-state index in [4.69, 9.17) is 4.42 Å². The molecule has 0 atom stereocenters. The van der Waals surface area contributed by atoms with E-state index in [9.17, 15) is 0 Å². The Kier molecular flexibility index (Phi) is 4.85. The molecule has 3 nitrogen and oxygen atoms in total. The van der Waals surface area contributed by atoms with Crippen molar-refractivity contribution < 1.29 is 4.42 Å². The van der Waals surface area contributed by atoms with E-state index in [1.54, 1.807) is 0 Å². The third-order valence-corrected chi connectivity index (χ3v) is 3.52. The lowest BCUT2D eigenvalue weighted by Gasteiger charge is -2.19. The maximum atomic E-state index is 5.63. The Labute approximate surface area is 121 Å². The van der Waals surface area contributed by atoms with Crippen molar-refractivity contribution in [3.63, 3.8) is 0 Å². The van der Waals surface area contributed by atoms with Crippen molar-refractivity contribution in [2.45, 2.75) is 33.9 Å². The minimum atomic E-state index is 0.792. The number of nitrogens with one attached hydrogen (secondary N) is 1. The van der Waals surface area contributed by atoms with Crippen LogP contribution >= 0.6 is 0 Å². The van der Waals surface area contributed by atoms with Crippen LogP contribution in [-0.2, 0) is 13.1 Å². The molecule has 0 saturated heterocycles. The average molecular weight is 272 g/mol. The van der Waals surface area contributed by atoms with Gasteiger partial charge in [-0.1, -0.05) is 13.0 Å². The molecule has 0 aliphatic rings. The van der Waals surface area contributed by atoms with Gasteiger partial charge >= 0.3 is 0 Å². The Morgan fingerprint density at radius 3 is 2.55 bits per heavy atom. The summed E-state index contributed by atoms with van der Waals surface area (Å²) in [6, 6.07) is 10.7. The van der Waals surface area contributed by atoms with Gasteiger partial charge in [-0.3, -0.25) is 0 Å². The van der Waals surface area contributed by atoms with Crippen LogP contribution in [0.1, 0.15) is 29.6 Å². The van der Waals surface area contributed by atoms with Crippen LogP contribution in [-0.4, -0.2) is 13.6 Å². The van der Waals surface area contributed by atoms with Gasteiger partial charge in [-0.05, 0) is 55.8 Å². The molecule has 0 fully saturated rings. The van der Waals surface area contributed by atoms with E-state index in [2.05, 4.69) is 49.3 Å². The number of hydrogen-bond acceptors (Lipinski definition) is 3. The number of anilines is 1. The lowest BCUT2D eigenvalue weighted by Crippen LogP contribution is -2.17. The van der Waals surface area contributed by atoms with Gasteiger partial charge in [0.05, 0.1) is 6.54 Å². The van der Waals surface area contributed by atoms with Crippen molar-refractivity contribution in [1.29, 1.82) is 0 Å². The summed E-state index contributed by atoms with van der Waals surface area (Å²) < 4.78 is 5.63. The van der Waals surface area contributed by atoms with Gasteiger partial charge in [-0.15, -0.1) is 0 Å². The van der Waals surface area contributed by atoms with Crippen molar-refractivity contribution in [2.75, 3.05) is 18.5 Å². The molecular weight excluding hydrogens is 248 g/mol. The first-order chi connectivity index (χ1) is 9.60. The van der Waals surface area contributed by atoms with Crippen molar-refractivity contribution >= 4 is 5.69 Å². The number of nitrogens with zero attached hydrogens (tertiary/aromatic N) is 1. The van der Waals surface area contributed by atoms with Crippen LogP contribution in [0.4, 0.5) is 5.69 Å². The van der Waals surface area contributed by atoms with Gasteiger partial charge < -0.3 is 14.6 Å². The van der Waals surface area contributed by atoms with E-state index in [0.29, 0.717) is 0 Å². The van der Waals surface area contributed by atoms with Gasteiger partial charge in [0.1, 0.15) is 11.5 Å². The molecule has 3 heteroatoms. The number of hydrogen-bond donors (Lipinski definition) is 1. The summed E-state index contributed by atoms with van der Waals surface area (Å²) in [4.78, 5) is 2.21. The van der Waals surface area contributed by atoms with E-state index in [1.807, 2.05) is 19.1 Å². The fraction of sp³-hybridized carbons (Fsp3) is 0.412. The fourth-order valence-corrected chi connectivity index (χ4v) is 2.27. The first kappa shape index (κ1) is 14.7.